The predicted octanol–water partition coefficient (Wildman–Crippen LogP) is 2.16. The van der Waals surface area contributed by atoms with Gasteiger partial charge in [0.05, 0.1) is 37.5 Å². The molecule has 1 N–H and O–H groups in total. The van der Waals surface area contributed by atoms with Crippen molar-refractivity contribution in [1.82, 2.24) is 15.0 Å². The molecule has 0 fully saturated rings. The SMILES string of the molecule is COc1cc(Cn2cc(C(C)O)nn2)c(OC)cc1Br. The number of aromatic nitrogens is 3. The highest BCUT2D eigenvalue weighted by molar-refractivity contribution is 9.10. The Labute approximate surface area is 125 Å². The maximum Gasteiger partial charge on any atom is 0.133 e. The van der Waals surface area contributed by atoms with E-state index in [2.05, 4.69) is 26.2 Å². The number of nitrogens with zero attached hydrogens (tertiary/aromatic N) is 3. The van der Waals surface area contributed by atoms with Gasteiger partial charge in [-0.15, -0.1) is 5.10 Å². The summed E-state index contributed by atoms with van der Waals surface area (Å²) in [5, 5.41) is 17.3. The Balaban J connectivity index is 2.31. The van der Waals surface area contributed by atoms with Crippen LogP contribution in [0.2, 0.25) is 0 Å². The molecular formula is C13H16BrN3O3. The minimum Gasteiger partial charge on any atom is -0.496 e. The lowest BCUT2D eigenvalue weighted by atomic mass is 10.2. The number of benzene rings is 1. The molecule has 0 saturated carbocycles. The van der Waals surface area contributed by atoms with Gasteiger partial charge in [0.2, 0.25) is 0 Å². The zero-order valence-corrected chi connectivity index (χ0v) is 13.1. The Morgan fingerprint density at radius 3 is 2.55 bits per heavy atom. The van der Waals surface area contributed by atoms with Gasteiger partial charge in [-0.3, -0.25) is 0 Å². The Morgan fingerprint density at radius 2 is 2.00 bits per heavy atom. The van der Waals surface area contributed by atoms with Crippen LogP contribution < -0.4 is 9.47 Å². The first-order chi connectivity index (χ1) is 9.55. The van der Waals surface area contributed by atoms with Crippen molar-refractivity contribution in [2.24, 2.45) is 0 Å². The van der Waals surface area contributed by atoms with Crippen molar-refractivity contribution in [3.05, 3.63) is 34.1 Å². The normalized spacial score (nSPS) is 12.2. The molecule has 1 atom stereocenters. The lowest BCUT2D eigenvalue weighted by Crippen LogP contribution is -2.03. The second kappa shape index (κ2) is 6.23. The van der Waals surface area contributed by atoms with Crippen molar-refractivity contribution < 1.29 is 14.6 Å². The standard InChI is InChI=1S/C13H16BrN3O3/c1-8(18)11-7-17(16-15-11)6-9-4-13(20-3)10(14)5-12(9)19-2/h4-5,7-8,18H,6H2,1-3H3. The van der Waals surface area contributed by atoms with Crippen LogP contribution in [0.5, 0.6) is 11.5 Å². The summed E-state index contributed by atoms with van der Waals surface area (Å²) in [5.41, 5.74) is 1.45. The van der Waals surface area contributed by atoms with E-state index in [4.69, 9.17) is 9.47 Å². The van der Waals surface area contributed by atoms with Crippen molar-refractivity contribution >= 4 is 15.9 Å². The number of aliphatic hydroxyl groups is 1. The van der Waals surface area contributed by atoms with Gasteiger partial charge in [-0.1, -0.05) is 5.21 Å². The summed E-state index contributed by atoms with van der Waals surface area (Å²) >= 11 is 3.42. The molecule has 0 aliphatic heterocycles. The van der Waals surface area contributed by atoms with E-state index in [1.807, 2.05) is 12.1 Å². The molecule has 1 heterocycles. The van der Waals surface area contributed by atoms with E-state index in [1.165, 1.54) is 0 Å². The van der Waals surface area contributed by atoms with Crippen LogP contribution in [0.25, 0.3) is 0 Å². The molecule has 0 amide bonds. The molecule has 2 rings (SSSR count). The highest BCUT2D eigenvalue weighted by Crippen LogP contribution is 2.33. The second-order valence-corrected chi connectivity index (χ2v) is 5.17. The highest BCUT2D eigenvalue weighted by Gasteiger charge is 2.12. The largest absolute Gasteiger partial charge is 0.496 e. The summed E-state index contributed by atoms with van der Waals surface area (Å²) < 4.78 is 13.1. The number of halogens is 1. The van der Waals surface area contributed by atoms with Crippen molar-refractivity contribution in [3.8, 4) is 11.5 Å². The van der Waals surface area contributed by atoms with E-state index < -0.39 is 6.10 Å². The van der Waals surface area contributed by atoms with Crippen LogP contribution in [0.15, 0.2) is 22.8 Å². The van der Waals surface area contributed by atoms with Gasteiger partial charge < -0.3 is 14.6 Å². The molecule has 20 heavy (non-hydrogen) atoms. The smallest absolute Gasteiger partial charge is 0.133 e. The van der Waals surface area contributed by atoms with E-state index in [9.17, 15) is 5.11 Å². The highest BCUT2D eigenvalue weighted by atomic mass is 79.9. The fourth-order valence-electron chi connectivity index (χ4n) is 1.80. The Bertz CT molecular complexity index is 599. The third kappa shape index (κ3) is 3.10. The molecule has 6 nitrogen and oxygen atoms in total. The van der Waals surface area contributed by atoms with Crippen molar-refractivity contribution in [1.29, 1.82) is 0 Å². The van der Waals surface area contributed by atoms with Crippen molar-refractivity contribution in [2.75, 3.05) is 14.2 Å². The van der Waals surface area contributed by atoms with Gasteiger partial charge in [-0.2, -0.15) is 0 Å². The Kier molecular flexibility index (Phi) is 4.61. The number of aliphatic hydroxyl groups excluding tert-OH is 1. The molecule has 0 aliphatic rings. The first-order valence-electron chi connectivity index (χ1n) is 6.03. The second-order valence-electron chi connectivity index (χ2n) is 4.32. The van der Waals surface area contributed by atoms with Gasteiger partial charge in [0.1, 0.15) is 17.2 Å². The summed E-state index contributed by atoms with van der Waals surface area (Å²) in [7, 11) is 3.22. The summed E-state index contributed by atoms with van der Waals surface area (Å²) in [6.07, 6.45) is 1.07. The van der Waals surface area contributed by atoms with Crippen LogP contribution >= 0.6 is 15.9 Å². The Morgan fingerprint density at radius 1 is 1.30 bits per heavy atom. The lowest BCUT2D eigenvalue weighted by Gasteiger charge is -2.12. The fourth-order valence-corrected chi connectivity index (χ4v) is 2.29. The van der Waals surface area contributed by atoms with Crippen LogP contribution in [0.1, 0.15) is 24.3 Å². The average Bonchev–Trinajstić information content (AvgIpc) is 2.89. The summed E-state index contributed by atoms with van der Waals surface area (Å²) in [5.74, 6) is 1.45. The van der Waals surface area contributed by atoms with Gasteiger partial charge in [0, 0.05) is 5.56 Å². The molecule has 0 spiro atoms. The van der Waals surface area contributed by atoms with Crippen LogP contribution in [-0.2, 0) is 6.54 Å². The molecular weight excluding hydrogens is 326 g/mol. The molecule has 0 saturated heterocycles. The maximum atomic E-state index is 9.46. The van der Waals surface area contributed by atoms with E-state index in [1.54, 1.807) is 32.0 Å². The predicted molar refractivity (Wildman–Crippen MR) is 77.0 cm³/mol. The molecule has 1 unspecified atom stereocenters. The quantitative estimate of drug-likeness (QED) is 0.902. The van der Waals surface area contributed by atoms with Crippen LogP contribution in [0.4, 0.5) is 0 Å². The molecule has 108 valence electrons. The molecule has 0 aliphatic carbocycles. The van der Waals surface area contributed by atoms with Crippen LogP contribution in [0, 0.1) is 0 Å². The zero-order chi connectivity index (χ0) is 14.7. The minimum absolute atomic E-state index is 0.479. The van der Waals surface area contributed by atoms with Gasteiger partial charge in [-0.25, -0.2) is 4.68 Å². The topological polar surface area (TPSA) is 69.4 Å². The Hall–Kier alpha value is -1.60. The fraction of sp³-hybridized carbons (Fsp3) is 0.385. The summed E-state index contributed by atoms with van der Waals surface area (Å²) in [6, 6.07) is 3.73. The molecule has 1 aromatic carbocycles. The number of ether oxygens (including phenoxy) is 2. The first kappa shape index (κ1) is 14.8. The van der Waals surface area contributed by atoms with E-state index in [0.29, 0.717) is 12.2 Å². The molecule has 7 heteroatoms. The number of hydrogen-bond donors (Lipinski definition) is 1. The van der Waals surface area contributed by atoms with E-state index in [-0.39, 0.29) is 0 Å². The van der Waals surface area contributed by atoms with Crippen molar-refractivity contribution in [3.63, 3.8) is 0 Å². The minimum atomic E-state index is -0.634. The molecule has 0 bridgehead atoms. The van der Waals surface area contributed by atoms with E-state index >= 15 is 0 Å². The maximum absolute atomic E-state index is 9.46. The van der Waals surface area contributed by atoms with Gasteiger partial charge in [0.25, 0.3) is 0 Å². The molecule has 1 aromatic heterocycles. The summed E-state index contributed by atoms with van der Waals surface area (Å²) in [6.45, 7) is 2.13. The molecule has 2 aromatic rings. The average molecular weight is 342 g/mol. The van der Waals surface area contributed by atoms with Crippen molar-refractivity contribution in [2.45, 2.75) is 19.6 Å². The van der Waals surface area contributed by atoms with Gasteiger partial charge >= 0.3 is 0 Å². The van der Waals surface area contributed by atoms with Gasteiger partial charge in [-0.05, 0) is 35.0 Å². The van der Waals surface area contributed by atoms with E-state index in [0.717, 1.165) is 21.5 Å². The first-order valence-corrected chi connectivity index (χ1v) is 6.83. The number of methoxy groups -OCH3 is 2. The zero-order valence-electron chi connectivity index (χ0n) is 11.5. The van der Waals surface area contributed by atoms with Crippen LogP contribution in [-0.4, -0.2) is 34.3 Å². The molecule has 0 radical (unpaired) electrons. The van der Waals surface area contributed by atoms with Gasteiger partial charge in [0.15, 0.2) is 0 Å². The summed E-state index contributed by atoms with van der Waals surface area (Å²) in [4.78, 5) is 0. The third-order valence-electron chi connectivity index (χ3n) is 2.87. The number of rotatable bonds is 5. The lowest BCUT2D eigenvalue weighted by molar-refractivity contribution is 0.194. The van der Waals surface area contributed by atoms with Crippen LogP contribution in [0.3, 0.4) is 0 Å². The third-order valence-corrected chi connectivity index (χ3v) is 3.49. The number of hydrogen-bond acceptors (Lipinski definition) is 5. The monoisotopic (exact) mass is 341 g/mol.